The minimum Gasteiger partial charge on any atom is -0.370 e. The van der Waals surface area contributed by atoms with Gasteiger partial charge in [-0.3, -0.25) is 9.59 Å². The molecule has 0 radical (unpaired) electrons. The SMILES string of the molecule is CCCCCN(C(=O)C(N)CC(N)=O)C(C)C. The van der Waals surface area contributed by atoms with Gasteiger partial charge in [-0.25, -0.2) is 0 Å². The summed E-state index contributed by atoms with van der Waals surface area (Å²) in [5.41, 5.74) is 10.7. The van der Waals surface area contributed by atoms with Gasteiger partial charge >= 0.3 is 0 Å². The zero-order valence-electron chi connectivity index (χ0n) is 11.1. The highest BCUT2D eigenvalue weighted by Gasteiger charge is 2.23. The molecule has 0 aliphatic carbocycles. The van der Waals surface area contributed by atoms with Crippen LogP contribution in [0.3, 0.4) is 0 Å². The van der Waals surface area contributed by atoms with Crippen LogP contribution in [-0.4, -0.2) is 35.3 Å². The van der Waals surface area contributed by atoms with Crippen LogP contribution in [0.25, 0.3) is 0 Å². The molecule has 0 heterocycles. The molecule has 1 unspecified atom stereocenters. The molecule has 4 N–H and O–H groups in total. The maximum atomic E-state index is 12.0. The first kappa shape index (κ1) is 15.9. The summed E-state index contributed by atoms with van der Waals surface area (Å²) in [6.07, 6.45) is 3.06. The van der Waals surface area contributed by atoms with Crippen LogP contribution in [0.5, 0.6) is 0 Å². The summed E-state index contributed by atoms with van der Waals surface area (Å²) >= 11 is 0. The third-order valence-corrected chi connectivity index (χ3v) is 2.65. The molecule has 0 saturated carbocycles. The molecule has 0 bridgehead atoms. The second-order valence-corrected chi connectivity index (χ2v) is 4.61. The first-order valence-electron chi connectivity index (χ1n) is 6.24. The van der Waals surface area contributed by atoms with Gasteiger partial charge < -0.3 is 16.4 Å². The van der Waals surface area contributed by atoms with Crippen molar-refractivity contribution in [2.24, 2.45) is 11.5 Å². The van der Waals surface area contributed by atoms with Crippen LogP contribution in [0.15, 0.2) is 0 Å². The topological polar surface area (TPSA) is 89.4 Å². The highest BCUT2D eigenvalue weighted by atomic mass is 16.2. The number of unbranched alkanes of at least 4 members (excludes halogenated alkanes) is 2. The molecule has 0 aromatic rings. The lowest BCUT2D eigenvalue weighted by atomic mass is 10.1. The van der Waals surface area contributed by atoms with E-state index in [2.05, 4.69) is 6.92 Å². The van der Waals surface area contributed by atoms with Gasteiger partial charge in [-0.2, -0.15) is 0 Å². The van der Waals surface area contributed by atoms with E-state index in [0.29, 0.717) is 6.54 Å². The van der Waals surface area contributed by atoms with Crippen molar-refractivity contribution in [1.82, 2.24) is 4.90 Å². The number of hydrogen-bond donors (Lipinski definition) is 2. The molecular formula is C12H25N3O2. The minimum absolute atomic E-state index is 0.0875. The monoisotopic (exact) mass is 243 g/mol. The van der Waals surface area contributed by atoms with E-state index in [1.54, 1.807) is 4.90 Å². The first-order valence-corrected chi connectivity index (χ1v) is 6.24. The van der Waals surface area contributed by atoms with Gasteiger partial charge in [-0.05, 0) is 20.3 Å². The summed E-state index contributed by atoms with van der Waals surface area (Å²) in [4.78, 5) is 24.5. The normalized spacial score (nSPS) is 12.5. The number of carbonyl (C=O) groups is 2. The Balaban J connectivity index is 4.37. The highest BCUT2D eigenvalue weighted by molar-refractivity contribution is 5.87. The van der Waals surface area contributed by atoms with E-state index in [-0.39, 0.29) is 18.4 Å². The Morgan fingerprint density at radius 1 is 1.24 bits per heavy atom. The number of hydrogen-bond acceptors (Lipinski definition) is 3. The van der Waals surface area contributed by atoms with Crippen LogP contribution in [0, 0.1) is 0 Å². The Hall–Kier alpha value is -1.10. The van der Waals surface area contributed by atoms with Crippen molar-refractivity contribution >= 4 is 11.8 Å². The van der Waals surface area contributed by atoms with Gasteiger partial charge in [0.1, 0.15) is 0 Å². The molecule has 5 nitrogen and oxygen atoms in total. The standard InChI is InChI=1S/C12H25N3O2/c1-4-5-6-7-15(9(2)3)12(17)10(13)8-11(14)16/h9-10H,4-8,13H2,1-3H3,(H2,14,16). The number of nitrogens with zero attached hydrogens (tertiary/aromatic N) is 1. The van der Waals surface area contributed by atoms with Gasteiger partial charge in [-0.15, -0.1) is 0 Å². The molecule has 0 aliphatic heterocycles. The van der Waals surface area contributed by atoms with Gasteiger partial charge in [0.25, 0.3) is 0 Å². The largest absolute Gasteiger partial charge is 0.370 e. The summed E-state index contributed by atoms with van der Waals surface area (Å²) in [5.74, 6) is -0.724. The average Bonchev–Trinajstić information content (AvgIpc) is 2.22. The van der Waals surface area contributed by atoms with Gasteiger partial charge in [0.05, 0.1) is 12.5 Å². The highest BCUT2D eigenvalue weighted by Crippen LogP contribution is 2.06. The fraction of sp³-hybridized carbons (Fsp3) is 0.833. The molecule has 0 fully saturated rings. The average molecular weight is 243 g/mol. The zero-order chi connectivity index (χ0) is 13.4. The Bertz CT molecular complexity index is 254. The van der Waals surface area contributed by atoms with Gasteiger partial charge in [-0.1, -0.05) is 19.8 Å². The molecule has 0 saturated heterocycles. The molecule has 5 heteroatoms. The molecule has 17 heavy (non-hydrogen) atoms. The number of primary amides is 1. The summed E-state index contributed by atoms with van der Waals surface area (Å²) in [5, 5.41) is 0. The summed E-state index contributed by atoms with van der Waals surface area (Å²) < 4.78 is 0. The smallest absolute Gasteiger partial charge is 0.240 e. The molecule has 0 spiro atoms. The fourth-order valence-corrected chi connectivity index (χ4v) is 1.67. The Labute approximate surface area is 104 Å². The van der Waals surface area contributed by atoms with Crippen molar-refractivity contribution in [3.8, 4) is 0 Å². The van der Waals surface area contributed by atoms with E-state index in [4.69, 9.17) is 11.5 Å². The Morgan fingerprint density at radius 2 is 1.82 bits per heavy atom. The predicted octanol–water partition coefficient (Wildman–Crippen LogP) is 0.616. The maximum Gasteiger partial charge on any atom is 0.240 e. The van der Waals surface area contributed by atoms with Crippen molar-refractivity contribution in [2.45, 2.75) is 58.5 Å². The van der Waals surface area contributed by atoms with E-state index < -0.39 is 11.9 Å². The van der Waals surface area contributed by atoms with Crippen LogP contribution in [0.1, 0.15) is 46.5 Å². The van der Waals surface area contributed by atoms with E-state index in [0.717, 1.165) is 19.3 Å². The molecule has 1 atom stereocenters. The lowest BCUT2D eigenvalue weighted by Gasteiger charge is -2.29. The summed E-state index contributed by atoms with van der Waals surface area (Å²) in [7, 11) is 0. The van der Waals surface area contributed by atoms with E-state index in [9.17, 15) is 9.59 Å². The summed E-state index contributed by atoms with van der Waals surface area (Å²) in [6.45, 7) is 6.69. The van der Waals surface area contributed by atoms with Crippen molar-refractivity contribution < 1.29 is 9.59 Å². The van der Waals surface area contributed by atoms with E-state index >= 15 is 0 Å². The molecule has 0 aliphatic rings. The molecule has 0 aromatic carbocycles. The minimum atomic E-state index is -0.809. The van der Waals surface area contributed by atoms with Crippen molar-refractivity contribution in [3.05, 3.63) is 0 Å². The lowest BCUT2D eigenvalue weighted by molar-refractivity contribution is -0.136. The van der Waals surface area contributed by atoms with Crippen LogP contribution in [0.2, 0.25) is 0 Å². The second-order valence-electron chi connectivity index (χ2n) is 4.61. The molecule has 100 valence electrons. The molecule has 0 rings (SSSR count). The molecule has 0 aromatic heterocycles. The Kier molecular flexibility index (Phi) is 7.54. The van der Waals surface area contributed by atoms with Crippen molar-refractivity contribution in [3.63, 3.8) is 0 Å². The number of amides is 2. The molecular weight excluding hydrogens is 218 g/mol. The lowest BCUT2D eigenvalue weighted by Crippen LogP contribution is -2.48. The first-order chi connectivity index (χ1) is 7.90. The van der Waals surface area contributed by atoms with Crippen molar-refractivity contribution in [1.29, 1.82) is 0 Å². The maximum absolute atomic E-state index is 12.0. The van der Waals surface area contributed by atoms with Gasteiger partial charge in [0.15, 0.2) is 0 Å². The third kappa shape index (κ3) is 6.26. The number of rotatable bonds is 8. The quantitative estimate of drug-likeness (QED) is 0.612. The van der Waals surface area contributed by atoms with E-state index in [1.165, 1.54) is 0 Å². The number of nitrogens with two attached hydrogens (primary N) is 2. The van der Waals surface area contributed by atoms with Gasteiger partial charge in [0.2, 0.25) is 11.8 Å². The predicted molar refractivity (Wildman–Crippen MR) is 68.2 cm³/mol. The fourth-order valence-electron chi connectivity index (χ4n) is 1.67. The van der Waals surface area contributed by atoms with Crippen LogP contribution >= 0.6 is 0 Å². The third-order valence-electron chi connectivity index (χ3n) is 2.65. The van der Waals surface area contributed by atoms with Gasteiger partial charge in [0, 0.05) is 12.6 Å². The molecule has 2 amide bonds. The van der Waals surface area contributed by atoms with E-state index in [1.807, 2.05) is 13.8 Å². The summed E-state index contributed by atoms with van der Waals surface area (Å²) in [6, 6.07) is -0.713. The van der Waals surface area contributed by atoms with Crippen molar-refractivity contribution in [2.75, 3.05) is 6.54 Å². The zero-order valence-corrected chi connectivity index (χ0v) is 11.1. The second kappa shape index (κ2) is 8.06. The number of carbonyl (C=O) groups excluding carboxylic acids is 2. The van der Waals surface area contributed by atoms with Crippen LogP contribution < -0.4 is 11.5 Å². The van der Waals surface area contributed by atoms with Crippen LogP contribution in [0.4, 0.5) is 0 Å². The van der Waals surface area contributed by atoms with Crippen LogP contribution in [-0.2, 0) is 9.59 Å². The Morgan fingerprint density at radius 3 is 2.24 bits per heavy atom.